The summed E-state index contributed by atoms with van der Waals surface area (Å²) in [4.78, 5) is 15.4. The van der Waals surface area contributed by atoms with Crippen molar-refractivity contribution in [3.63, 3.8) is 0 Å². The number of hydrogen-bond donors (Lipinski definition) is 1. The van der Waals surface area contributed by atoms with Crippen molar-refractivity contribution in [2.24, 2.45) is 4.99 Å². The molecule has 0 radical (unpaired) electrons. The maximum Gasteiger partial charge on any atom is 0.407 e. The highest BCUT2D eigenvalue weighted by Gasteiger charge is 2.36. The molecule has 1 aliphatic rings. The van der Waals surface area contributed by atoms with E-state index in [1.165, 1.54) is 11.8 Å². The monoisotopic (exact) mass is 280 g/mol. The number of hydrogen-bond acceptors (Lipinski definition) is 4. The molecular weight excluding hydrogens is 262 g/mol. The largest absolute Gasteiger partial charge is 0.444 e. The van der Waals surface area contributed by atoms with Crippen LogP contribution in [0.2, 0.25) is 0 Å². The number of alkyl halides is 2. The molecule has 104 valence electrons. The number of amides is 1. The van der Waals surface area contributed by atoms with Gasteiger partial charge >= 0.3 is 6.09 Å². The fraction of sp³-hybridized carbons (Fsp3) is 0.818. The van der Waals surface area contributed by atoms with E-state index < -0.39 is 30.6 Å². The molecule has 1 amide bonds. The quantitative estimate of drug-likeness (QED) is 0.860. The van der Waals surface area contributed by atoms with Crippen LogP contribution in [0.4, 0.5) is 13.6 Å². The third-order valence-electron chi connectivity index (χ3n) is 2.15. The number of carbonyl (C=O) groups excluding carboxylic acids is 1. The number of aliphatic imine (C=N–C) groups is 1. The van der Waals surface area contributed by atoms with E-state index in [9.17, 15) is 13.6 Å². The lowest BCUT2D eigenvalue weighted by Crippen LogP contribution is -2.35. The summed E-state index contributed by atoms with van der Waals surface area (Å²) in [5.74, 6) is 0.269. The number of alkyl carbamates (subject to hydrolysis) is 1. The van der Waals surface area contributed by atoms with Crippen molar-refractivity contribution in [1.29, 1.82) is 0 Å². The molecule has 0 bridgehead atoms. The Morgan fingerprint density at radius 3 is 2.56 bits per heavy atom. The lowest BCUT2D eigenvalue weighted by atomic mass is 10.1. The minimum absolute atomic E-state index is 0.140. The van der Waals surface area contributed by atoms with E-state index in [4.69, 9.17) is 4.74 Å². The minimum atomic E-state index is -1.25. The number of halogens is 2. The van der Waals surface area contributed by atoms with Crippen LogP contribution < -0.4 is 5.32 Å². The zero-order valence-electron chi connectivity index (χ0n) is 10.8. The van der Waals surface area contributed by atoms with Gasteiger partial charge in [0.25, 0.3) is 0 Å². The highest BCUT2D eigenvalue weighted by molar-refractivity contribution is 8.14. The Kier molecular flexibility index (Phi) is 4.95. The van der Waals surface area contributed by atoms with Crippen LogP contribution in [0.25, 0.3) is 0 Å². The van der Waals surface area contributed by atoms with Gasteiger partial charge < -0.3 is 10.1 Å². The lowest BCUT2D eigenvalue weighted by Gasteiger charge is -2.19. The van der Waals surface area contributed by atoms with E-state index in [0.29, 0.717) is 5.04 Å². The second-order valence-corrected chi connectivity index (χ2v) is 6.19. The van der Waals surface area contributed by atoms with Crippen molar-refractivity contribution in [1.82, 2.24) is 5.32 Å². The molecule has 1 aliphatic heterocycles. The normalized spacial score (nSPS) is 18.4. The molecule has 7 heteroatoms. The first kappa shape index (κ1) is 15.2. The van der Waals surface area contributed by atoms with E-state index >= 15 is 0 Å². The Labute approximate surface area is 110 Å². The van der Waals surface area contributed by atoms with Crippen LogP contribution in [0.3, 0.4) is 0 Å². The molecule has 0 aromatic rings. The molecule has 4 nitrogen and oxygen atoms in total. The molecule has 0 aliphatic carbocycles. The third-order valence-corrected chi connectivity index (χ3v) is 3.40. The fourth-order valence-electron chi connectivity index (χ4n) is 1.27. The molecule has 1 heterocycles. The van der Waals surface area contributed by atoms with Crippen LogP contribution in [0.15, 0.2) is 4.99 Å². The SMILES string of the molecule is CC(C)(C)OC(=O)NCC1=NC(CF)(CF)CS1. The second-order valence-electron chi connectivity index (χ2n) is 5.14. The van der Waals surface area contributed by atoms with Gasteiger partial charge in [0, 0.05) is 5.75 Å². The summed E-state index contributed by atoms with van der Waals surface area (Å²) < 4.78 is 30.4. The number of rotatable bonds is 4. The third kappa shape index (κ3) is 4.44. The molecule has 0 fully saturated rings. The number of carbonyl (C=O) groups is 1. The number of nitrogens with zero attached hydrogens (tertiary/aromatic N) is 1. The molecule has 0 aromatic carbocycles. The Morgan fingerprint density at radius 1 is 1.50 bits per heavy atom. The van der Waals surface area contributed by atoms with Crippen LogP contribution in [0.1, 0.15) is 20.8 Å². The van der Waals surface area contributed by atoms with E-state index in [1.54, 1.807) is 20.8 Å². The highest BCUT2D eigenvalue weighted by Crippen LogP contribution is 2.28. The Balaban J connectivity index is 2.44. The van der Waals surface area contributed by atoms with Crippen molar-refractivity contribution in [2.45, 2.75) is 31.9 Å². The van der Waals surface area contributed by atoms with Crippen LogP contribution in [0.5, 0.6) is 0 Å². The topological polar surface area (TPSA) is 50.7 Å². The van der Waals surface area contributed by atoms with Crippen molar-refractivity contribution >= 4 is 22.9 Å². The van der Waals surface area contributed by atoms with Crippen LogP contribution in [0, 0.1) is 0 Å². The summed E-state index contributed by atoms with van der Waals surface area (Å²) in [5, 5.41) is 3.03. The van der Waals surface area contributed by atoms with Gasteiger partial charge in [-0.25, -0.2) is 13.6 Å². The van der Waals surface area contributed by atoms with Crippen LogP contribution >= 0.6 is 11.8 Å². The summed E-state index contributed by atoms with van der Waals surface area (Å²) in [5.41, 5.74) is -1.83. The summed E-state index contributed by atoms with van der Waals surface area (Å²) in [6.45, 7) is 3.75. The predicted molar refractivity (Wildman–Crippen MR) is 68.8 cm³/mol. The van der Waals surface area contributed by atoms with Gasteiger partial charge in [0.15, 0.2) is 0 Å². The lowest BCUT2D eigenvalue weighted by molar-refractivity contribution is 0.0536. The molecule has 0 unspecified atom stereocenters. The maximum atomic E-state index is 12.7. The molecule has 0 atom stereocenters. The van der Waals surface area contributed by atoms with Gasteiger partial charge in [0.2, 0.25) is 0 Å². The van der Waals surface area contributed by atoms with Crippen molar-refractivity contribution in [3.05, 3.63) is 0 Å². The maximum absolute atomic E-state index is 12.7. The van der Waals surface area contributed by atoms with Gasteiger partial charge in [-0.15, -0.1) is 11.8 Å². The number of ether oxygens (including phenoxy) is 1. The summed E-state index contributed by atoms with van der Waals surface area (Å²) in [6.07, 6.45) is -0.566. The fourth-order valence-corrected chi connectivity index (χ4v) is 2.36. The van der Waals surface area contributed by atoms with Crippen molar-refractivity contribution in [2.75, 3.05) is 25.6 Å². The average molecular weight is 280 g/mol. The summed E-state index contributed by atoms with van der Waals surface area (Å²) >= 11 is 1.26. The van der Waals surface area contributed by atoms with E-state index in [-0.39, 0.29) is 12.3 Å². The van der Waals surface area contributed by atoms with Gasteiger partial charge in [0.05, 0.1) is 11.6 Å². The Bertz CT molecular complexity index is 338. The average Bonchev–Trinajstić information content (AvgIpc) is 2.68. The highest BCUT2D eigenvalue weighted by atomic mass is 32.2. The molecule has 18 heavy (non-hydrogen) atoms. The number of nitrogens with one attached hydrogen (secondary N) is 1. The second kappa shape index (κ2) is 5.86. The first-order chi connectivity index (χ1) is 8.30. The molecule has 1 rings (SSSR count). The molecule has 0 saturated carbocycles. The van der Waals surface area contributed by atoms with Gasteiger partial charge in [-0.3, -0.25) is 4.99 Å². The minimum Gasteiger partial charge on any atom is -0.444 e. The number of thioether (sulfide) groups is 1. The van der Waals surface area contributed by atoms with E-state index in [0.717, 1.165) is 0 Å². The van der Waals surface area contributed by atoms with E-state index in [1.807, 2.05) is 0 Å². The molecule has 0 spiro atoms. The van der Waals surface area contributed by atoms with Crippen molar-refractivity contribution < 1.29 is 18.3 Å². The van der Waals surface area contributed by atoms with Crippen LogP contribution in [-0.2, 0) is 4.74 Å². The first-order valence-electron chi connectivity index (χ1n) is 5.60. The Morgan fingerprint density at radius 2 is 2.11 bits per heavy atom. The zero-order chi connectivity index (χ0) is 13.8. The summed E-state index contributed by atoms with van der Waals surface area (Å²) in [7, 11) is 0. The van der Waals surface area contributed by atoms with Gasteiger partial charge in [-0.05, 0) is 20.8 Å². The molecule has 1 N–H and O–H groups in total. The van der Waals surface area contributed by atoms with Crippen LogP contribution in [-0.4, -0.2) is 47.9 Å². The van der Waals surface area contributed by atoms with Gasteiger partial charge in [0.1, 0.15) is 24.5 Å². The first-order valence-corrected chi connectivity index (χ1v) is 6.59. The van der Waals surface area contributed by atoms with E-state index in [2.05, 4.69) is 10.3 Å². The Hall–Kier alpha value is -0.850. The molecular formula is C11H18F2N2O2S. The van der Waals surface area contributed by atoms with Crippen molar-refractivity contribution in [3.8, 4) is 0 Å². The summed E-state index contributed by atoms with van der Waals surface area (Å²) in [6, 6.07) is 0. The van der Waals surface area contributed by atoms with Gasteiger partial charge in [-0.2, -0.15) is 0 Å². The standard InChI is InChI=1S/C11H18F2N2O2S/c1-10(2,3)17-9(16)14-4-8-15-11(5-12,6-13)7-18-8/h4-7H2,1-3H3,(H,14,16). The molecule has 0 saturated heterocycles. The zero-order valence-corrected chi connectivity index (χ0v) is 11.6. The predicted octanol–water partition coefficient (Wildman–Crippen LogP) is 2.33. The smallest absolute Gasteiger partial charge is 0.407 e. The van der Waals surface area contributed by atoms with Gasteiger partial charge in [-0.1, -0.05) is 0 Å². The molecule has 0 aromatic heterocycles.